The second kappa shape index (κ2) is 8.78. The monoisotopic (exact) mass is 363 g/mol. The van der Waals surface area contributed by atoms with Crippen molar-refractivity contribution in [2.24, 2.45) is 0 Å². The van der Waals surface area contributed by atoms with Crippen molar-refractivity contribution in [3.63, 3.8) is 0 Å². The molecule has 0 aliphatic rings. The SMILES string of the molecule is CC(=O)NCCC[PH](c1ccccc1)(c1ccccc1)c1ccccc1. The van der Waals surface area contributed by atoms with E-state index in [0.717, 1.165) is 19.1 Å². The fourth-order valence-electron chi connectivity index (χ4n) is 3.72. The van der Waals surface area contributed by atoms with E-state index in [1.54, 1.807) is 6.92 Å². The molecule has 0 atom stereocenters. The second-order valence-corrected chi connectivity index (χ2v) is 10.6. The Morgan fingerprint density at radius 3 is 1.46 bits per heavy atom. The molecule has 0 aromatic heterocycles. The van der Waals surface area contributed by atoms with Gasteiger partial charge in [0.25, 0.3) is 0 Å². The molecule has 3 rings (SSSR count). The molecule has 0 spiro atoms. The number of nitrogens with one attached hydrogen (secondary N) is 1. The molecule has 0 heterocycles. The standard InChI is InChI=1S/C23H26NOP/c1-20(25)24-18-11-19-26(21-12-5-2-6-13-21,22-14-7-3-8-15-22)23-16-9-4-10-17-23/h2-10,12-17,26H,11,18-19H2,1H3,(H,24,25). The third kappa shape index (κ3) is 4.03. The van der Waals surface area contributed by atoms with E-state index in [0.29, 0.717) is 0 Å². The summed E-state index contributed by atoms with van der Waals surface area (Å²) in [7, 11) is -2.15. The fourth-order valence-corrected chi connectivity index (χ4v) is 8.58. The number of carbonyl (C=O) groups is 1. The molecule has 0 saturated heterocycles. The molecule has 0 radical (unpaired) electrons. The molecular formula is C23H26NOP. The molecule has 2 nitrogen and oxygen atoms in total. The van der Waals surface area contributed by atoms with E-state index in [4.69, 9.17) is 0 Å². The van der Waals surface area contributed by atoms with Crippen LogP contribution in [-0.2, 0) is 4.79 Å². The molecule has 0 aliphatic heterocycles. The third-order valence-electron chi connectivity index (χ3n) is 4.90. The number of rotatable bonds is 7. The summed E-state index contributed by atoms with van der Waals surface area (Å²) < 4.78 is 0. The van der Waals surface area contributed by atoms with Crippen LogP contribution in [0.3, 0.4) is 0 Å². The third-order valence-corrected chi connectivity index (χ3v) is 9.96. The van der Waals surface area contributed by atoms with Crippen LogP contribution >= 0.6 is 7.26 Å². The Morgan fingerprint density at radius 2 is 1.12 bits per heavy atom. The summed E-state index contributed by atoms with van der Waals surface area (Å²) in [5.74, 6) is 0.0383. The Labute approximate surface area is 156 Å². The van der Waals surface area contributed by atoms with Crippen molar-refractivity contribution in [2.75, 3.05) is 12.7 Å². The average Bonchev–Trinajstić information content (AvgIpc) is 2.70. The number of benzene rings is 3. The van der Waals surface area contributed by atoms with E-state index in [2.05, 4.69) is 96.3 Å². The van der Waals surface area contributed by atoms with E-state index in [1.807, 2.05) is 0 Å². The second-order valence-electron chi connectivity index (χ2n) is 6.59. The molecule has 0 fully saturated rings. The van der Waals surface area contributed by atoms with E-state index >= 15 is 0 Å². The molecule has 26 heavy (non-hydrogen) atoms. The Hall–Kier alpha value is -2.44. The zero-order valence-electron chi connectivity index (χ0n) is 15.2. The molecule has 1 amide bonds. The summed E-state index contributed by atoms with van der Waals surface area (Å²) in [5, 5.41) is 7.21. The van der Waals surface area contributed by atoms with Gasteiger partial charge in [-0.25, -0.2) is 0 Å². The van der Waals surface area contributed by atoms with Gasteiger partial charge in [0.2, 0.25) is 0 Å². The molecule has 0 saturated carbocycles. The average molecular weight is 363 g/mol. The van der Waals surface area contributed by atoms with Gasteiger partial charge in [-0.05, 0) is 0 Å². The van der Waals surface area contributed by atoms with Crippen LogP contribution in [0.4, 0.5) is 0 Å². The Kier molecular flexibility index (Phi) is 6.20. The summed E-state index contributed by atoms with van der Waals surface area (Å²) in [6.45, 7) is 2.30. The summed E-state index contributed by atoms with van der Waals surface area (Å²) in [6, 6.07) is 32.7. The van der Waals surface area contributed by atoms with Gasteiger partial charge in [0, 0.05) is 0 Å². The van der Waals surface area contributed by atoms with E-state index in [1.165, 1.54) is 15.9 Å². The minimum atomic E-state index is -2.15. The van der Waals surface area contributed by atoms with Crippen molar-refractivity contribution in [3.8, 4) is 0 Å². The molecule has 0 aliphatic carbocycles. The molecule has 3 aromatic carbocycles. The number of carbonyl (C=O) groups excluding carboxylic acids is 1. The van der Waals surface area contributed by atoms with Gasteiger partial charge in [-0.15, -0.1) is 0 Å². The fraction of sp³-hybridized carbons (Fsp3) is 0.174. The Balaban J connectivity index is 2.10. The first-order chi connectivity index (χ1) is 12.7. The predicted octanol–water partition coefficient (Wildman–Crippen LogP) is 3.24. The maximum atomic E-state index is 11.3. The number of hydrogen-bond acceptors (Lipinski definition) is 1. The van der Waals surface area contributed by atoms with Crippen LogP contribution in [0.1, 0.15) is 13.3 Å². The predicted molar refractivity (Wildman–Crippen MR) is 115 cm³/mol. The molecule has 3 heteroatoms. The maximum absolute atomic E-state index is 11.3. The number of hydrogen-bond donors (Lipinski definition) is 1. The first kappa shape index (κ1) is 18.4. The van der Waals surface area contributed by atoms with Crippen molar-refractivity contribution in [1.29, 1.82) is 0 Å². The van der Waals surface area contributed by atoms with Gasteiger partial charge in [0.1, 0.15) is 0 Å². The molecule has 3 aromatic rings. The van der Waals surface area contributed by atoms with Crippen molar-refractivity contribution in [3.05, 3.63) is 91.0 Å². The van der Waals surface area contributed by atoms with Gasteiger partial charge in [-0.1, -0.05) is 0 Å². The topological polar surface area (TPSA) is 29.1 Å². The van der Waals surface area contributed by atoms with Gasteiger partial charge >= 0.3 is 156 Å². The zero-order chi connectivity index (χ0) is 18.2. The summed E-state index contributed by atoms with van der Waals surface area (Å²) in [6.07, 6.45) is 2.02. The first-order valence-corrected chi connectivity index (χ1v) is 11.4. The summed E-state index contributed by atoms with van der Waals surface area (Å²) in [4.78, 5) is 11.3. The number of amides is 1. The molecule has 134 valence electrons. The molecular weight excluding hydrogens is 337 g/mol. The Morgan fingerprint density at radius 1 is 0.731 bits per heavy atom. The minimum absolute atomic E-state index is 0.0383. The van der Waals surface area contributed by atoms with Crippen molar-refractivity contribution in [2.45, 2.75) is 13.3 Å². The first-order valence-electron chi connectivity index (χ1n) is 9.14. The van der Waals surface area contributed by atoms with Crippen molar-refractivity contribution < 1.29 is 4.79 Å². The van der Waals surface area contributed by atoms with Crippen LogP contribution in [-0.4, -0.2) is 18.6 Å². The van der Waals surface area contributed by atoms with Gasteiger partial charge in [-0.3, -0.25) is 0 Å². The van der Waals surface area contributed by atoms with Crippen LogP contribution in [0, 0.1) is 0 Å². The molecule has 0 unspecified atom stereocenters. The van der Waals surface area contributed by atoms with Crippen LogP contribution in [0.25, 0.3) is 0 Å². The van der Waals surface area contributed by atoms with Crippen molar-refractivity contribution >= 4 is 29.1 Å². The summed E-state index contributed by atoms with van der Waals surface area (Å²) >= 11 is 0. The van der Waals surface area contributed by atoms with Gasteiger partial charge in [-0.2, -0.15) is 0 Å². The normalized spacial score (nSPS) is 11.7. The van der Waals surface area contributed by atoms with E-state index < -0.39 is 7.26 Å². The van der Waals surface area contributed by atoms with Crippen LogP contribution in [0.15, 0.2) is 91.0 Å². The van der Waals surface area contributed by atoms with E-state index in [-0.39, 0.29) is 5.91 Å². The summed E-state index contributed by atoms with van der Waals surface area (Å²) in [5.41, 5.74) is 0. The molecule has 1 N–H and O–H groups in total. The van der Waals surface area contributed by atoms with Crippen LogP contribution in [0.2, 0.25) is 0 Å². The Bertz CT molecular complexity index is 722. The quantitative estimate of drug-likeness (QED) is 0.507. The van der Waals surface area contributed by atoms with Gasteiger partial charge in [0.15, 0.2) is 0 Å². The van der Waals surface area contributed by atoms with Crippen LogP contribution < -0.4 is 21.2 Å². The van der Waals surface area contributed by atoms with Gasteiger partial charge in [0.05, 0.1) is 0 Å². The van der Waals surface area contributed by atoms with Crippen LogP contribution in [0.5, 0.6) is 0 Å². The van der Waals surface area contributed by atoms with Crippen molar-refractivity contribution in [1.82, 2.24) is 5.32 Å². The zero-order valence-corrected chi connectivity index (χ0v) is 16.2. The van der Waals surface area contributed by atoms with Gasteiger partial charge < -0.3 is 0 Å². The van der Waals surface area contributed by atoms with E-state index in [9.17, 15) is 4.79 Å². The molecule has 0 bridgehead atoms.